The van der Waals surface area contributed by atoms with E-state index in [-0.39, 0.29) is 23.3 Å². The molecule has 4 N–H and O–H groups in total. The predicted octanol–water partition coefficient (Wildman–Crippen LogP) is 2.76. The summed E-state index contributed by atoms with van der Waals surface area (Å²) >= 11 is 0. The third-order valence-electron chi connectivity index (χ3n) is 3.60. The number of anilines is 4. The van der Waals surface area contributed by atoms with Crippen molar-refractivity contribution in [1.29, 1.82) is 0 Å². The van der Waals surface area contributed by atoms with Gasteiger partial charge in [0.15, 0.2) is 11.6 Å². The summed E-state index contributed by atoms with van der Waals surface area (Å²) in [5.41, 5.74) is 0.946. The Bertz CT molecular complexity index is 1160. The van der Waals surface area contributed by atoms with E-state index in [4.69, 9.17) is 16.3 Å². The largest absolute Gasteiger partial charge is 0.481 e. The van der Waals surface area contributed by atoms with Crippen LogP contribution in [0.3, 0.4) is 0 Å². The molecule has 0 aliphatic carbocycles. The highest BCUT2D eigenvalue weighted by Gasteiger charge is 2.11. The van der Waals surface area contributed by atoms with E-state index in [1.165, 1.54) is 18.2 Å². The minimum absolute atomic E-state index is 0.0643. The van der Waals surface area contributed by atoms with Crippen LogP contribution in [0.25, 0.3) is 0 Å². The Morgan fingerprint density at radius 1 is 1.14 bits per heavy atom. The van der Waals surface area contributed by atoms with Crippen molar-refractivity contribution in [2.24, 2.45) is 5.14 Å². The fraction of sp³-hybridized carbons (Fsp3) is 0.0526. The van der Waals surface area contributed by atoms with Crippen molar-refractivity contribution in [3.8, 4) is 18.1 Å². The van der Waals surface area contributed by atoms with Crippen molar-refractivity contribution < 1.29 is 17.5 Å². The van der Waals surface area contributed by atoms with Crippen LogP contribution in [0.5, 0.6) is 5.75 Å². The zero-order valence-electron chi connectivity index (χ0n) is 15.0. The Morgan fingerprint density at radius 3 is 2.59 bits per heavy atom. The maximum atomic E-state index is 14.1. The van der Waals surface area contributed by atoms with Gasteiger partial charge in [0, 0.05) is 11.4 Å². The average Bonchev–Trinajstić information content (AvgIpc) is 2.69. The van der Waals surface area contributed by atoms with Gasteiger partial charge in [-0.2, -0.15) is 4.98 Å². The van der Waals surface area contributed by atoms with E-state index in [1.807, 2.05) is 0 Å². The molecule has 29 heavy (non-hydrogen) atoms. The number of halogens is 1. The van der Waals surface area contributed by atoms with E-state index in [9.17, 15) is 12.8 Å². The van der Waals surface area contributed by atoms with Crippen molar-refractivity contribution in [3.05, 3.63) is 60.5 Å². The smallest absolute Gasteiger partial charge is 0.238 e. The first-order chi connectivity index (χ1) is 13.8. The van der Waals surface area contributed by atoms with Crippen molar-refractivity contribution >= 4 is 33.2 Å². The molecular weight excluding hydrogens is 397 g/mol. The number of aromatic nitrogens is 2. The Hall–Kier alpha value is -3.68. The minimum atomic E-state index is -3.86. The van der Waals surface area contributed by atoms with Crippen LogP contribution in [0, 0.1) is 18.2 Å². The fourth-order valence-electron chi connectivity index (χ4n) is 2.29. The summed E-state index contributed by atoms with van der Waals surface area (Å²) in [6.07, 6.45) is 6.13. The molecule has 0 aliphatic heterocycles. The van der Waals surface area contributed by atoms with E-state index < -0.39 is 15.8 Å². The number of hydrogen-bond donors (Lipinski definition) is 3. The van der Waals surface area contributed by atoms with Gasteiger partial charge in [-0.05, 0) is 42.5 Å². The number of hydrogen-bond acceptors (Lipinski definition) is 7. The highest BCUT2D eigenvalue weighted by molar-refractivity contribution is 7.89. The topological polar surface area (TPSA) is 119 Å². The lowest BCUT2D eigenvalue weighted by Crippen LogP contribution is -2.12. The van der Waals surface area contributed by atoms with Gasteiger partial charge in [0.25, 0.3) is 0 Å². The van der Waals surface area contributed by atoms with Gasteiger partial charge in [0.1, 0.15) is 12.4 Å². The summed E-state index contributed by atoms with van der Waals surface area (Å²) in [6.45, 7) is 0.148. The molecule has 148 valence electrons. The van der Waals surface area contributed by atoms with Crippen LogP contribution in [0.2, 0.25) is 0 Å². The zero-order valence-corrected chi connectivity index (χ0v) is 15.8. The second-order valence-corrected chi connectivity index (χ2v) is 7.29. The third-order valence-corrected chi connectivity index (χ3v) is 4.51. The molecule has 1 aromatic heterocycles. The second-order valence-electron chi connectivity index (χ2n) is 5.73. The molecule has 0 spiro atoms. The Balaban J connectivity index is 1.77. The maximum Gasteiger partial charge on any atom is 0.238 e. The van der Waals surface area contributed by atoms with Crippen molar-refractivity contribution in [3.63, 3.8) is 0 Å². The molecule has 0 saturated heterocycles. The quantitative estimate of drug-likeness (QED) is 0.510. The normalized spacial score (nSPS) is 10.8. The molecule has 0 amide bonds. The summed E-state index contributed by atoms with van der Waals surface area (Å²) < 4.78 is 42.3. The molecule has 3 aromatic rings. The van der Waals surface area contributed by atoms with E-state index in [1.54, 1.807) is 30.3 Å². The number of terminal acetylenes is 1. The van der Waals surface area contributed by atoms with Gasteiger partial charge in [0.05, 0.1) is 11.1 Å². The number of benzene rings is 2. The van der Waals surface area contributed by atoms with Crippen LogP contribution in [-0.2, 0) is 10.0 Å². The summed E-state index contributed by atoms with van der Waals surface area (Å²) in [6, 6.07) is 12.5. The lowest BCUT2D eigenvalue weighted by molar-refractivity contribution is 0.370. The summed E-state index contributed by atoms with van der Waals surface area (Å²) in [7, 11) is -3.86. The standard InChI is InChI=1S/C19H16FN5O3S/c1-2-10-28-15-8-6-13(7-9-15)23-18-17(20)12-22-19(25-18)24-14-4-3-5-16(11-14)29(21,26)27/h1,3-9,11-12H,10H2,(H2,21,26,27)(H2,22,23,24,25). The molecule has 2 aromatic carbocycles. The summed E-state index contributed by atoms with van der Waals surface area (Å²) in [5.74, 6) is 2.27. The lowest BCUT2D eigenvalue weighted by atomic mass is 10.3. The van der Waals surface area contributed by atoms with Crippen LogP contribution in [0.15, 0.2) is 59.6 Å². The average molecular weight is 413 g/mol. The van der Waals surface area contributed by atoms with Gasteiger partial charge in [0.2, 0.25) is 16.0 Å². The number of nitrogens with zero attached hydrogens (tertiary/aromatic N) is 2. The summed E-state index contributed by atoms with van der Waals surface area (Å²) in [4.78, 5) is 7.86. The third kappa shape index (κ3) is 5.41. The molecule has 8 nitrogen and oxygen atoms in total. The second kappa shape index (κ2) is 8.55. The molecule has 0 unspecified atom stereocenters. The number of ether oxygens (including phenoxy) is 1. The Morgan fingerprint density at radius 2 is 1.90 bits per heavy atom. The molecule has 0 fully saturated rings. The minimum Gasteiger partial charge on any atom is -0.481 e. The molecule has 0 bridgehead atoms. The van der Waals surface area contributed by atoms with Crippen LogP contribution >= 0.6 is 0 Å². The number of nitrogens with two attached hydrogens (primary N) is 1. The molecule has 3 rings (SSSR count). The number of primary sulfonamides is 1. The first kappa shape index (κ1) is 20.1. The highest BCUT2D eigenvalue weighted by Crippen LogP contribution is 2.23. The molecular formula is C19H16FN5O3S. The Labute approximate surface area is 167 Å². The molecule has 0 radical (unpaired) electrons. The van der Waals surface area contributed by atoms with Gasteiger partial charge < -0.3 is 15.4 Å². The van der Waals surface area contributed by atoms with Gasteiger partial charge in [-0.25, -0.2) is 22.9 Å². The first-order valence-electron chi connectivity index (χ1n) is 8.21. The zero-order chi connectivity index (χ0) is 20.9. The number of sulfonamides is 1. The van der Waals surface area contributed by atoms with Gasteiger partial charge in [-0.1, -0.05) is 12.0 Å². The monoisotopic (exact) mass is 413 g/mol. The van der Waals surface area contributed by atoms with E-state index in [0.29, 0.717) is 17.1 Å². The predicted molar refractivity (Wildman–Crippen MR) is 107 cm³/mol. The van der Waals surface area contributed by atoms with Gasteiger partial charge in [-0.3, -0.25) is 0 Å². The van der Waals surface area contributed by atoms with Crippen LogP contribution < -0.4 is 20.5 Å². The fourth-order valence-corrected chi connectivity index (χ4v) is 2.85. The maximum absolute atomic E-state index is 14.1. The lowest BCUT2D eigenvalue weighted by Gasteiger charge is -2.10. The van der Waals surface area contributed by atoms with Gasteiger partial charge in [-0.15, -0.1) is 6.42 Å². The summed E-state index contributed by atoms with van der Waals surface area (Å²) in [5, 5.41) is 10.8. The van der Waals surface area contributed by atoms with Crippen molar-refractivity contribution in [2.75, 3.05) is 17.2 Å². The highest BCUT2D eigenvalue weighted by atomic mass is 32.2. The molecule has 10 heteroatoms. The molecule has 0 atom stereocenters. The SMILES string of the molecule is C#CCOc1ccc(Nc2nc(Nc3cccc(S(N)(=O)=O)c3)ncc2F)cc1. The van der Waals surface area contributed by atoms with Crippen LogP contribution in [0.1, 0.15) is 0 Å². The van der Waals surface area contributed by atoms with Crippen molar-refractivity contribution in [1.82, 2.24) is 9.97 Å². The van der Waals surface area contributed by atoms with Crippen molar-refractivity contribution in [2.45, 2.75) is 4.90 Å². The Kier molecular flexibility index (Phi) is 5.92. The van der Waals surface area contributed by atoms with Crippen LogP contribution in [0.4, 0.5) is 27.5 Å². The van der Waals surface area contributed by atoms with E-state index in [2.05, 4.69) is 26.5 Å². The van der Waals surface area contributed by atoms with E-state index in [0.717, 1.165) is 6.20 Å². The molecule has 0 aliphatic rings. The number of nitrogens with one attached hydrogen (secondary N) is 2. The molecule has 0 saturated carbocycles. The molecule has 1 heterocycles. The number of rotatable bonds is 7. The first-order valence-corrected chi connectivity index (χ1v) is 9.75. The van der Waals surface area contributed by atoms with Gasteiger partial charge >= 0.3 is 0 Å². The van der Waals surface area contributed by atoms with Crippen LogP contribution in [-0.4, -0.2) is 25.0 Å². The van der Waals surface area contributed by atoms with E-state index >= 15 is 0 Å².